The SMILES string of the molecule is CC(O)(c1cccc(F)c1F)C1CC1c1ccccc1. The third-order valence-electron chi connectivity index (χ3n) is 4.24. The van der Waals surface area contributed by atoms with Crippen LogP contribution >= 0.6 is 0 Å². The Morgan fingerprint density at radius 2 is 1.75 bits per heavy atom. The van der Waals surface area contributed by atoms with Crippen molar-refractivity contribution in [3.8, 4) is 0 Å². The maximum atomic E-state index is 13.9. The van der Waals surface area contributed by atoms with Crippen LogP contribution in [-0.4, -0.2) is 5.11 Å². The van der Waals surface area contributed by atoms with Gasteiger partial charge in [0.05, 0.1) is 5.60 Å². The lowest BCUT2D eigenvalue weighted by atomic mass is 9.88. The number of benzene rings is 2. The van der Waals surface area contributed by atoms with Crippen molar-refractivity contribution in [2.24, 2.45) is 5.92 Å². The lowest BCUT2D eigenvalue weighted by Gasteiger charge is -2.25. The van der Waals surface area contributed by atoms with Crippen molar-refractivity contribution < 1.29 is 13.9 Å². The molecule has 1 saturated carbocycles. The molecule has 104 valence electrons. The van der Waals surface area contributed by atoms with Crippen molar-refractivity contribution in [2.75, 3.05) is 0 Å². The van der Waals surface area contributed by atoms with Gasteiger partial charge < -0.3 is 5.11 Å². The summed E-state index contributed by atoms with van der Waals surface area (Å²) in [6, 6.07) is 13.8. The molecule has 0 amide bonds. The van der Waals surface area contributed by atoms with Crippen molar-refractivity contribution in [3.05, 3.63) is 71.3 Å². The molecule has 0 saturated heterocycles. The summed E-state index contributed by atoms with van der Waals surface area (Å²) in [6.07, 6.45) is 0.785. The minimum absolute atomic E-state index is 0.0425. The highest BCUT2D eigenvalue weighted by Gasteiger charge is 2.51. The molecule has 0 radical (unpaired) electrons. The first-order valence-corrected chi connectivity index (χ1v) is 6.73. The second kappa shape index (κ2) is 4.67. The molecule has 20 heavy (non-hydrogen) atoms. The van der Waals surface area contributed by atoms with Crippen LogP contribution in [0.2, 0.25) is 0 Å². The van der Waals surface area contributed by atoms with Crippen molar-refractivity contribution >= 4 is 0 Å². The summed E-state index contributed by atoms with van der Waals surface area (Å²) in [5.74, 6) is -1.74. The summed E-state index contributed by atoms with van der Waals surface area (Å²) in [7, 11) is 0. The van der Waals surface area contributed by atoms with Crippen LogP contribution in [0.5, 0.6) is 0 Å². The van der Waals surface area contributed by atoms with Crippen molar-refractivity contribution in [1.29, 1.82) is 0 Å². The van der Waals surface area contributed by atoms with Gasteiger partial charge in [-0.1, -0.05) is 42.5 Å². The monoisotopic (exact) mass is 274 g/mol. The van der Waals surface area contributed by atoms with Crippen LogP contribution in [0.4, 0.5) is 8.78 Å². The van der Waals surface area contributed by atoms with Gasteiger partial charge in [0.2, 0.25) is 0 Å². The third kappa shape index (κ3) is 2.12. The van der Waals surface area contributed by atoms with Gasteiger partial charge in [0.15, 0.2) is 11.6 Å². The molecule has 3 atom stereocenters. The zero-order valence-electron chi connectivity index (χ0n) is 11.2. The Morgan fingerprint density at radius 1 is 1.05 bits per heavy atom. The number of hydrogen-bond donors (Lipinski definition) is 1. The highest BCUT2D eigenvalue weighted by Crippen LogP contribution is 2.56. The highest BCUT2D eigenvalue weighted by molar-refractivity contribution is 5.33. The Kier molecular flexibility index (Phi) is 3.09. The minimum atomic E-state index is -1.35. The van der Waals surface area contributed by atoms with Gasteiger partial charge >= 0.3 is 0 Å². The van der Waals surface area contributed by atoms with E-state index in [2.05, 4.69) is 0 Å². The van der Waals surface area contributed by atoms with Crippen LogP contribution in [0.15, 0.2) is 48.5 Å². The van der Waals surface area contributed by atoms with Crippen molar-refractivity contribution in [2.45, 2.75) is 24.9 Å². The van der Waals surface area contributed by atoms with Crippen LogP contribution in [0.25, 0.3) is 0 Å². The molecular weight excluding hydrogens is 258 g/mol. The maximum absolute atomic E-state index is 13.9. The van der Waals surface area contributed by atoms with E-state index < -0.39 is 17.2 Å². The standard InChI is InChI=1S/C17H16F2O/c1-17(20,13-8-5-9-15(18)16(13)19)14-10-12(14)11-6-3-2-4-7-11/h2-9,12,14,20H,10H2,1H3. The summed E-state index contributed by atoms with van der Waals surface area (Å²) in [6.45, 7) is 1.57. The van der Waals surface area contributed by atoms with Crippen molar-refractivity contribution in [1.82, 2.24) is 0 Å². The van der Waals surface area contributed by atoms with E-state index in [0.717, 1.165) is 18.1 Å². The zero-order chi connectivity index (χ0) is 14.3. The van der Waals surface area contributed by atoms with Crippen LogP contribution < -0.4 is 0 Å². The van der Waals surface area contributed by atoms with Gasteiger partial charge in [0.25, 0.3) is 0 Å². The molecule has 0 aromatic heterocycles. The van der Waals surface area contributed by atoms with E-state index in [1.54, 1.807) is 6.92 Å². The Balaban J connectivity index is 1.89. The first-order chi connectivity index (χ1) is 9.51. The van der Waals surface area contributed by atoms with Crippen LogP contribution in [0.1, 0.15) is 30.4 Å². The molecule has 3 rings (SSSR count). The van der Waals surface area contributed by atoms with Gasteiger partial charge in [-0.3, -0.25) is 0 Å². The lowest BCUT2D eigenvalue weighted by Crippen LogP contribution is -2.26. The van der Waals surface area contributed by atoms with Crippen molar-refractivity contribution in [3.63, 3.8) is 0 Å². The second-order valence-electron chi connectivity index (χ2n) is 5.61. The summed E-state index contributed by atoms with van der Waals surface area (Å²) >= 11 is 0. The molecule has 0 spiro atoms. The van der Waals surface area contributed by atoms with Crippen LogP contribution in [0.3, 0.4) is 0 Å². The first-order valence-electron chi connectivity index (χ1n) is 6.73. The summed E-state index contributed by atoms with van der Waals surface area (Å²) in [5.41, 5.74) is -0.178. The van der Waals surface area contributed by atoms with Gasteiger partial charge in [-0.25, -0.2) is 8.78 Å². The van der Waals surface area contributed by atoms with E-state index in [4.69, 9.17) is 0 Å². The molecular formula is C17H16F2O. The molecule has 1 N–H and O–H groups in total. The number of rotatable bonds is 3. The minimum Gasteiger partial charge on any atom is -0.385 e. The smallest absolute Gasteiger partial charge is 0.164 e. The fraction of sp³-hybridized carbons (Fsp3) is 0.294. The molecule has 3 unspecified atom stereocenters. The molecule has 1 aliphatic rings. The van der Waals surface area contributed by atoms with E-state index >= 15 is 0 Å². The summed E-state index contributed by atoms with van der Waals surface area (Å²) in [4.78, 5) is 0. The zero-order valence-corrected chi connectivity index (χ0v) is 11.2. The third-order valence-corrected chi connectivity index (χ3v) is 4.24. The van der Waals surface area contributed by atoms with Crippen LogP contribution in [-0.2, 0) is 5.60 Å². The van der Waals surface area contributed by atoms with Gasteiger partial charge in [-0.15, -0.1) is 0 Å². The maximum Gasteiger partial charge on any atom is 0.164 e. The van der Waals surface area contributed by atoms with E-state index in [0.29, 0.717) is 0 Å². The molecule has 1 nitrogen and oxygen atoms in total. The Morgan fingerprint density at radius 3 is 2.45 bits per heavy atom. The molecule has 3 heteroatoms. The fourth-order valence-corrected chi connectivity index (χ4v) is 2.98. The van der Waals surface area contributed by atoms with E-state index in [9.17, 15) is 13.9 Å². The summed E-state index contributed by atoms with van der Waals surface area (Å²) in [5, 5.41) is 10.7. The Hall–Kier alpha value is -1.74. The average Bonchev–Trinajstić information content (AvgIpc) is 3.24. The predicted octanol–water partition coefficient (Wildman–Crippen LogP) is 3.98. The second-order valence-corrected chi connectivity index (χ2v) is 5.61. The fourth-order valence-electron chi connectivity index (χ4n) is 2.98. The van der Waals surface area contributed by atoms with Gasteiger partial charge in [0, 0.05) is 5.56 Å². The lowest BCUT2D eigenvalue weighted by molar-refractivity contribution is 0.0267. The molecule has 0 bridgehead atoms. The molecule has 0 aliphatic heterocycles. The molecule has 1 fully saturated rings. The van der Waals surface area contributed by atoms with E-state index in [1.165, 1.54) is 12.1 Å². The van der Waals surface area contributed by atoms with E-state index in [1.807, 2.05) is 30.3 Å². The highest BCUT2D eigenvalue weighted by atomic mass is 19.2. The number of halogens is 2. The van der Waals surface area contributed by atoms with Crippen LogP contribution in [0, 0.1) is 17.6 Å². The van der Waals surface area contributed by atoms with E-state index in [-0.39, 0.29) is 17.4 Å². The first kappa shape index (κ1) is 13.3. The van der Waals surface area contributed by atoms with Gasteiger partial charge in [-0.05, 0) is 36.8 Å². The average molecular weight is 274 g/mol. The molecule has 0 heterocycles. The molecule has 2 aromatic carbocycles. The quantitative estimate of drug-likeness (QED) is 0.897. The van der Waals surface area contributed by atoms with Gasteiger partial charge in [0.1, 0.15) is 0 Å². The normalized spacial score (nSPS) is 24.2. The Bertz CT molecular complexity index is 622. The largest absolute Gasteiger partial charge is 0.385 e. The number of hydrogen-bond acceptors (Lipinski definition) is 1. The molecule has 2 aromatic rings. The molecule has 1 aliphatic carbocycles. The topological polar surface area (TPSA) is 20.2 Å². The Labute approximate surface area is 116 Å². The summed E-state index contributed by atoms with van der Waals surface area (Å²) < 4.78 is 27.2. The number of aliphatic hydroxyl groups is 1. The predicted molar refractivity (Wildman–Crippen MR) is 73.2 cm³/mol. The van der Waals surface area contributed by atoms with Gasteiger partial charge in [-0.2, -0.15) is 0 Å².